The molecule has 0 saturated carbocycles. The van der Waals surface area contributed by atoms with Gasteiger partial charge in [0.25, 0.3) is 0 Å². The Labute approximate surface area is 192 Å². The zero-order chi connectivity index (χ0) is 21.6. The second-order valence-electron chi connectivity index (χ2n) is 9.63. The van der Waals surface area contributed by atoms with Gasteiger partial charge in [0.15, 0.2) is 5.11 Å². The van der Waals surface area contributed by atoms with Crippen molar-refractivity contribution in [3.63, 3.8) is 0 Å². The molecule has 3 fully saturated rings. The lowest BCUT2D eigenvalue weighted by Crippen LogP contribution is -2.40. The third kappa shape index (κ3) is 6.42. The maximum atomic E-state index is 5.69. The van der Waals surface area contributed by atoms with Crippen molar-refractivity contribution in [2.45, 2.75) is 64.9 Å². The van der Waals surface area contributed by atoms with E-state index in [0.717, 1.165) is 63.8 Å². The molecule has 3 atom stereocenters. The van der Waals surface area contributed by atoms with E-state index in [0.29, 0.717) is 22.9 Å². The number of rotatable bonds is 5. The van der Waals surface area contributed by atoms with Crippen molar-refractivity contribution < 1.29 is 4.74 Å². The number of ether oxygens (including phenoxy) is 1. The first-order valence-electron chi connectivity index (χ1n) is 12.1. The zero-order valence-corrected chi connectivity index (χ0v) is 19.9. The van der Waals surface area contributed by atoms with Crippen LogP contribution in [-0.4, -0.2) is 60.5 Å². The van der Waals surface area contributed by atoms with E-state index < -0.39 is 0 Å². The van der Waals surface area contributed by atoms with Crippen molar-refractivity contribution in [1.82, 2.24) is 15.3 Å². The largest absolute Gasteiger partial charge is 0.376 e. The second kappa shape index (κ2) is 10.8. The van der Waals surface area contributed by atoms with E-state index in [4.69, 9.17) is 26.9 Å². The van der Waals surface area contributed by atoms with Crippen LogP contribution in [0, 0.1) is 11.8 Å². The standard InChI is InChI=1S/C23H38N6OS/c1-17-12-18(2)16-29(15-17)21-13-20(28-9-5-3-4-6-10-28)25-22(26-21)27-23(31)24-14-19-8-7-11-30-19/h13,17-19H,3-12,14-16H2,1-2H3,(H2,24,25,26,27,31)/t17-,18+,19-/m0/s1. The van der Waals surface area contributed by atoms with Gasteiger partial charge < -0.3 is 25.2 Å². The van der Waals surface area contributed by atoms with Crippen LogP contribution < -0.4 is 20.4 Å². The van der Waals surface area contributed by atoms with E-state index in [1.54, 1.807) is 0 Å². The van der Waals surface area contributed by atoms with Crippen LogP contribution in [0.5, 0.6) is 0 Å². The van der Waals surface area contributed by atoms with E-state index >= 15 is 0 Å². The molecular formula is C23H38N6OS. The van der Waals surface area contributed by atoms with Crippen LogP contribution in [0.1, 0.15) is 58.8 Å². The summed E-state index contributed by atoms with van der Waals surface area (Å²) < 4.78 is 5.69. The summed E-state index contributed by atoms with van der Waals surface area (Å²) in [5.74, 6) is 3.96. The molecule has 1 aromatic rings. The lowest BCUT2D eigenvalue weighted by Gasteiger charge is -2.36. The van der Waals surface area contributed by atoms with Gasteiger partial charge in [-0.1, -0.05) is 26.7 Å². The number of thiocarbonyl (C=S) groups is 1. The highest BCUT2D eigenvalue weighted by molar-refractivity contribution is 7.80. The van der Waals surface area contributed by atoms with Gasteiger partial charge >= 0.3 is 0 Å². The fourth-order valence-electron chi connectivity index (χ4n) is 5.11. The molecule has 0 unspecified atom stereocenters. The van der Waals surface area contributed by atoms with Gasteiger partial charge in [0.2, 0.25) is 5.95 Å². The fourth-order valence-corrected chi connectivity index (χ4v) is 5.28. The number of hydrogen-bond donors (Lipinski definition) is 2. The molecule has 3 aliphatic rings. The summed E-state index contributed by atoms with van der Waals surface area (Å²) in [6, 6.07) is 2.18. The smallest absolute Gasteiger partial charge is 0.232 e. The first-order valence-corrected chi connectivity index (χ1v) is 12.5. The molecule has 31 heavy (non-hydrogen) atoms. The summed E-state index contributed by atoms with van der Waals surface area (Å²) in [5, 5.41) is 7.10. The highest BCUT2D eigenvalue weighted by atomic mass is 32.1. The number of nitrogens with one attached hydrogen (secondary N) is 2. The molecular weight excluding hydrogens is 408 g/mol. The average Bonchev–Trinajstić information content (AvgIpc) is 3.11. The lowest BCUT2D eigenvalue weighted by molar-refractivity contribution is 0.114. The highest BCUT2D eigenvalue weighted by Gasteiger charge is 2.25. The number of hydrogen-bond acceptors (Lipinski definition) is 6. The van der Waals surface area contributed by atoms with Gasteiger partial charge in [0, 0.05) is 45.4 Å². The van der Waals surface area contributed by atoms with Crippen LogP contribution in [0.3, 0.4) is 0 Å². The number of nitrogens with zero attached hydrogens (tertiary/aromatic N) is 4. The van der Waals surface area contributed by atoms with Crippen LogP contribution in [-0.2, 0) is 4.74 Å². The van der Waals surface area contributed by atoms with Gasteiger partial charge in [-0.25, -0.2) is 0 Å². The minimum atomic E-state index is 0.246. The Hall–Kier alpha value is -1.67. The molecule has 0 aromatic carbocycles. The van der Waals surface area contributed by atoms with E-state index in [9.17, 15) is 0 Å². The van der Waals surface area contributed by atoms with E-state index in [-0.39, 0.29) is 6.10 Å². The molecule has 3 aliphatic heterocycles. The summed E-state index contributed by atoms with van der Waals surface area (Å²) in [6.45, 7) is 10.5. The van der Waals surface area contributed by atoms with Crippen molar-refractivity contribution in [2.24, 2.45) is 11.8 Å². The second-order valence-corrected chi connectivity index (χ2v) is 10.0. The molecule has 8 heteroatoms. The Morgan fingerprint density at radius 3 is 2.35 bits per heavy atom. The van der Waals surface area contributed by atoms with Crippen molar-refractivity contribution >= 4 is 34.9 Å². The molecule has 4 rings (SSSR count). The normalized spacial score (nSPS) is 27.1. The van der Waals surface area contributed by atoms with Crippen molar-refractivity contribution in [1.29, 1.82) is 0 Å². The maximum absolute atomic E-state index is 5.69. The fraction of sp³-hybridized carbons (Fsp3) is 0.783. The van der Waals surface area contributed by atoms with Crippen LogP contribution >= 0.6 is 12.2 Å². The quantitative estimate of drug-likeness (QED) is 0.662. The summed E-state index contributed by atoms with van der Waals surface area (Å²) in [7, 11) is 0. The Balaban J connectivity index is 1.51. The van der Waals surface area contributed by atoms with Gasteiger partial charge in [-0.3, -0.25) is 0 Å². The first-order chi connectivity index (χ1) is 15.1. The van der Waals surface area contributed by atoms with Crippen LogP contribution in [0.15, 0.2) is 6.07 Å². The van der Waals surface area contributed by atoms with Gasteiger partial charge in [-0.05, 0) is 56.2 Å². The average molecular weight is 447 g/mol. The van der Waals surface area contributed by atoms with Crippen LogP contribution in [0.2, 0.25) is 0 Å². The molecule has 0 bridgehead atoms. The lowest BCUT2D eigenvalue weighted by atomic mass is 9.92. The predicted molar refractivity (Wildman–Crippen MR) is 131 cm³/mol. The highest BCUT2D eigenvalue weighted by Crippen LogP contribution is 2.29. The Morgan fingerprint density at radius 1 is 1.03 bits per heavy atom. The topological polar surface area (TPSA) is 65.5 Å². The van der Waals surface area contributed by atoms with E-state index in [2.05, 4.69) is 40.3 Å². The summed E-state index contributed by atoms with van der Waals surface area (Å²) >= 11 is 5.54. The van der Waals surface area contributed by atoms with E-state index in [1.165, 1.54) is 32.1 Å². The van der Waals surface area contributed by atoms with E-state index in [1.807, 2.05) is 0 Å². The Kier molecular flexibility index (Phi) is 7.82. The summed E-state index contributed by atoms with van der Waals surface area (Å²) in [6.07, 6.45) is 8.80. The molecule has 0 spiro atoms. The molecule has 4 heterocycles. The molecule has 7 nitrogen and oxygen atoms in total. The third-order valence-electron chi connectivity index (χ3n) is 6.56. The number of aromatic nitrogens is 2. The predicted octanol–water partition coefficient (Wildman–Crippen LogP) is 3.80. The monoisotopic (exact) mass is 446 g/mol. The first kappa shape index (κ1) is 22.5. The molecule has 0 radical (unpaired) electrons. The molecule has 0 amide bonds. The Morgan fingerprint density at radius 2 is 1.71 bits per heavy atom. The molecule has 172 valence electrons. The maximum Gasteiger partial charge on any atom is 0.232 e. The molecule has 0 aliphatic carbocycles. The molecule has 1 aromatic heterocycles. The minimum absolute atomic E-state index is 0.246. The van der Waals surface area contributed by atoms with Crippen molar-refractivity contribution in [3.8, 4) is 0 Å². The van der Waals surface area contributed by atoms with Crippen LogP contribution in [0.4, 0.5) is 17.6 Å². The SMILES string of the molecule is C[C@@H]1C[C@H](C)CN(c2cc(N3CCCCCC3)nc(NC(=S)NC[C@@H]3CCCO3)n2)C1. The summed E-state index contributed by atoms with van der Waals surface area (Å²) in [5.41, 5.74) is 0. The molecule has 2 N–H and O–H groups in total. The molecule has 3 saturated heterocycles. The van der Waals surface area contributed by atoms with Crippen LogP contribution in [0.25, 0.3) is 0 Å². The minimum Gasteiger partial charge on any atom is -0.376 e. The Bertz CT molecular complexity index is 723. The van der Waals surface area contributed by atoms with Gasteiger partial charge in [0.1, 0.15) is 11.6 Å². The van der Waals surface area contributed by atoms with Gasteiger partial charge in [-0.2, -0.15) is 9.97 Å². The summed E-state index contributed by atoms with van der Waals surface area (Å²) in [4.78, 5) is 14.6. The van der Waals surface area contributed by atoms with Crippen molar-refractivity contribution in [2.75, 3.05) is 54.4 Å². The van der Waals surface area contributed by atoms with Crippen molar-refractivity contribution in [3.05, 3.63) is 6.07 Å². The number of piperidine rings is 1. The van der Waals surface area contributed by atoms with Gasteiger partial charge in [0.05, 0.1) is 6.10 Å². The number of anilines is 3. The zero-order valence-electron chi connectivity index (χ0n) is 19.1. The van der Waals surface area contributed by atoms with Gasteiger partial charge in [-0.15, -0.1) is 0 Å². The third-order valence-corrected chi connectivity index (χ3v) is 6.81.